The van der Waals surface area contributed by atoms with E-state index >= 15 is 0 Å². The lowest BCUT2D eigenvalue weighted by molar-refractivity contribution is 0.523. The van der Waals surface area contributed by atoms with E-state index in [1.54, 1.807) is 24.3 Å². The average Bonchev–Trinajstić information content (AvgIpc) is 2.73. The van der Waals surface area contributed by atoms with Gasteiger partial charge >= 0.3 is 0 Å². The van der Waals surface area contributed by atoms with Gasteiger partial charge in [0.25, 0.3) is 0 Å². The van der Waals surface area contributed by atoms with Crippen LogP contribution in [0.25, 0.3) is 0 Å². The van der Waals surface area contributed by atoms with Crippen molar-refractivity contribution in [1.29, 1.82) is 0 Å². The third kappa shape index (κ3) is 3.47. The second-order valence-corrected chi connectivity index (χ2v) is 7.76. The molecule has 0 saturated heterocycles. The maximum Gasteiger partial charge on any atom is 0.240 e. The van der Waals surface area contributed by atoms with Gasteiger partial charge in [0.15, 0.2) is 0 Å². The third-order valence-corrected chi connectivity index (χ3v) is 5.77. The van der Waals surface area contributed by atoms with E-state index < -0.39 is 10.0 Å². The van der Waals surface area contributed by atoms with E-state index in [9.17, 15) is 8.42 Å². The van der Waals surface area contributed by atoms with Crippen LogP contribution in [0, 0.1) is 5.92 Å². The molecule has 0 heterocycles. The molecular weight excluding hydrogens is 338 g/mol. The van der Waals surface area contributed by atoms with Crippen molar-refractivity contribution in [1.82, 2.24) is 4.72 Å². The molecule has 1 saturated carbocycles. The van der Waals surface area contributed by atoms with E-state index in [1.165, 1.54) is 0 Å². The summed E-state index contributed by atoms with van der Waals surface area (Å²) < 4.78 is 27.6. The third-order valence-electron chi connectivity index (χ3n) is 3.23. The number of hydrogen-bond acceptors (Lipinski definition) is 2. The van der Waals surface area contributed by atoms with Gasteiger partial charge in [-0.15, -0.1) is 11.6 Å². The van der Waals surface area contributed by atoms with Crippen molar-refractivity contribution in [2.75, 3.05) is 6.54 Å². The minimum Gasteiger partial charge on any atom is -0.211 e. The van der Waals surface area contributed by atoms with Crippen molar-refractivity contribution < 1.29 is 8.42 Å². The molecule has 1 aromatic carbocycles. The summed E-state index contributed by atoms with van der Waals surface area (Å²) in [5.41, 5.74) is 0. The molecule has 1 aliphatic carbocycles. The first kappa shape index (κ1) is 14.3. The summed E-state index contributed by atoms with van der Waals surface area (Å²) in [7, 11) is -3.42. The molecule has 100 valence electrons. The Hall–Kier alpha value is -0.100. The summed E-state index contributed by atoms with van der Waals surface area (Å²) in [5, 5.41) is 0.0950. The van der Waals surface area contributed by atoms with Crippen LogP contribution in [0.1, 0.15) is 19.3 Å². The molecular formula is C12H15BrClNO2S. The van der Waals surface area contributed by atoms with Crippen molar-refractivity contribution >= 4 is 37.6 Å². The van der Waals surface area contributed by atoms with E-state index in [0.29, 0.717) is 6.54 Å². The zero-order valence-corrected chi connectivity index (χ0v) is 12.9. The van der Waals surface area contributed by atoms with E-state index in [4.69, 9.17) is 11.6 Å². The first-order valence-electron chi connectivity index (χ1n) is 5.88. The molecule has 1 fully saturated rings. The number of alkyl halides is 1. The van der Waals surface area contributed by atoms with Crippen LogP contribution in [0.2, 0.25) is 0 Å². The van der Waals surface area contributed by atoms with Crippen LogP contribution < -0.4 is 4.72 Å². The van der Waals surface area contributed by atoms with Crippen LogP contribution >= 0.6 is 27.5 Å². The summed E-state index contributed by atoms with van der Waals surface area (Å²) in [6, 6.07) is 6.60. The largest absolute Gasteiger partial charge is 0.240 e. The normalized spacial score (nSPS) is 24.3. The molecule has 0 spiro atoms. The number of benzene rings is 1. The molecule has 3 nitrogen and oxygen atoms in total. The van der Waals surface area contributed by atoms with Gasteiger partial charge in [0.2, 0.25) is 10.0 Å². The minimum absolute atomic E-state index is 0.0950. The molecule has 0 bridgehead atoms. The standard InChI is InChI=1S/C12H15BrClNO2S/c13-10-4-6-11(7-5-10)18(16,17)15-8-9-2-1-3-12(9)14/h4-7,9,12,15H,1-3,8H2. The Labute approximate surface area is 121 Å². The highest BCUT2D eigenvalue weighted by molar-refractivity contribution is 9.10. The van der Waals surface area contributed by atoms with Crippen LogP contribution in [0.15, 0.2) is 33.6 Å². The Morgan fingerprint density at radius 1 is 1.28 bits per heavy atom. The molecule has 1 aromatic rings. The SMILES string of the molecule is O=S(=O)(NCC1CCCC1Cl)c1ccc(Br)cc1. The number of halogens is 2. The van der Waals surface area contributed by atoms with Crippen molar-refractivity contribution in [3.63, 3.8) is 0 Å². The van der Waals surface area contributed by atoms with Crippen LogP contribution in [-0.4, -0.2) is 20.3 Å². The van der Waals surface area contributed by atoms with Crippen LogP contribution in [0.4, 0.5) is 0 Å². The average molecular weight is 353 g/mol. The second kappa shape index (κ2) is 5.90. The fourth-order valence-electron chi connectivity index (χ4n) is 2.14. The van der Waals surface area contributed by atoms with Gasteiger partial charge in [-0.2, -0.15) is 0 Å². The lowest BCUT2D eigenvalue weighted by atomic mass is 10.1. The molecule has 2 unspecified atom stereocenters. The molecule has 1 N–H and O–H groups in total. The first-order valence-corrected chi connectivity index (χ1v) is 8.59. The van der Waals surface area contributed by atoms with Gasteiger partial charge in [-0.3, -0.25) is 0 Å². The van der Waals surface area contributed by atoms with E-state index in [1.807, 2.05) is 0 Å². The number of sulfonamides is 1. The monoisotopic (exact) mass is 351 g/mol. The molecule has 0 amide bonds. The number of rotatable bonds is 4. The van der Waals surface area contributed by atoms with E-state index in [-0.39, 0.29) is 16.2 Å². The predicted octanol–water partition coefficient (Wildman–Crippen LogP) is 3.13. The van der Waals surface area contributed by atoms with E-state index in [0.717, 1.165) is 23.7 Å². The van der Waals surface area contributed by atoms with Crippen molar-refractivity contribution in [3.05, 3.63) is 28.7 Å². The quantitative estimate of drug-likeness (QED) is 0.846. The summed E-state index contributed by atoms with van der Waals surface area (Å²) >= 11 is 9.41. The summed E-state index contributed by atoms with van der Waals surface area (Å²) in [4.78, 5) is 0.287. The summed E-state index contributed by atoms with van der Waals surface area (Å²) in [6.45, 7) is 0.423. The Morgan fingerprint density at radius 2 is 1.94 bits per heavy atom. The fraction of sp³-hybridized carbons (Fsp3) is 0.500. The molecule has 0 aliphatic heterocycles. The smallest absolute Gasteiger partial charge is 0.211 e. The topological polar surface area (TPSA) is 46.2 Å². The van der Waals surface area contributed by atoms with Crippen LogP contribution in [0.3, 0.4) is 0 Å². The van der Waals surface area contributed by atoms with Gasteiger partial charge in [-0.25, -0.2) is 13.1 Å². The fourth-order valence-corrected chi connectivity index (χ4v) is 3.86. The Balaban J connectivity index is 2.01. The highest BCUT2D eigenvalue weighted by Gasteiger charge is 2.26. The second-order valence-electron chi connectivity index (χ2n) is 4.51. The highest BCUT2D eigenvalue weighted by atomic mass is 79.9. The zero-order valence-electron chi connectivity index (χ0n) is 9.77. The van der Waals surface area contributed by atoms with Gasteiger partial charge in [-0.05, 0) is 43.0 Å². The van der Waals surface area contributed by atoms with Gasteiger partial charge in [0.1, 0.15) is 0 Å². The van der Waals surface area contributed by atoms with Gasteiger partial charge in [0.05, 0.1) is 4.90 Å². The van der Waals surface area contributed by atoms with E-state index in [2.05, 4.69) is 20.7 Å². The minimum atomic E-state index is -3.42. The maximum atomic E-state index is 12.0. The molecule has 1 aliphatic rings. The van der Waals surface area contributed by atoms with Crippen LogP contribution in [-0.2, 0) is 10.0 Å². The predicted molar refractivity (Wildman–Crippen MR) is 76.3 cm³/mol. The molecule has 2 atom stereocenters. The van der Waals surface area contributed by atoms with Crippen LogP contribution in [0.5, 0.6) is 0 Å². The number of nitrogens with one attached hydrogen (secondary N) is 1. The lowest BCUT2D eigenvalue weighted by Crippen LogP contribution is -2.31. The summed E-state index contributed by atoms with van der Waals surface area (Å²) in [6.07, 6.45) is 3.06. The van der Waals surface area contributed by atoms with Crippen molar-refractivity contribution in [2.24, 2.45) is 5.92 Å². The lowest BCUT2D eigenvalue weighted by Gasteiger charge is -2.14. The Morgan fingerprint density at radius 3 is 2.50 bits per heavy atom. The zero-order chi connectivity index (χ0) is 13.2. The Kier molecular flexibility index (Phi) is 4.69. The van der Waals surface area contributed by atoms with Gasteiger partial charge < -0.3 is 0 Å². The Bertz CT molecular complexity index is 503. The molecule has 0 radical (unpaired) electrons. The molecule has 6 heteroatoms. The maximum absolute atomic E-state index is 12.0. The molecule has 0 aromatic heterocycles. The van der Waals surface area contributed by atoms with Crippen molar-refractivity contribution in [2.45, 2.75) is 29.5 Å². The van der Waals surface area contributed by atoms with Gasteiger partial charge in [0, 0.05) is 16.4 Å². The van der Waals surface area contributed by atoms with Crippen molar-refractivity contribution in [3.8, 4) is 0 Å². The highest BCUT2D eigenvalue weighted by Crippen LogP contribution is 2.29. The first-order chi connectivity index (χ1) is 8.49. The summed E-state index contributed by atoms with van der Waals surface area (Å²) in [5.74, 6) is 0.247. The molecule has 2 rings (SSSR count). The van der Waals surface area contributed by atoms with Gasteiger partial charge in [-0.1, -0.05) is 22.4 Å². The molecule has 18 heavy (non-hydrogen) atoms. The number of hydrogen-bond donors (Lipinski definition) is 1.